The van der Waals surface area contributed by atoms with Gasteiger partial charge in [-0.1, -0.05) is 31.7 Å². The monoisotopic (exact) mass is 426 g/mol. The van der Waals surface area contributed by atoms with Crippen LogP contribution in [-0.2, 0) is 29.0 Å². The van der Waals surface area contributed by atoms with Crippen LogP contribution in [0, 0.1) is 0 Å². The number of rotatable bonds is 9. The van der Waals surface area contributed by atoms with Crippen LogP contribution in [0.1, 0.15) is 49.6 Å². The SMILES string of the molecule is C=C(C)c1cc(COc2ccccc2CC(=O)OCC)cc2cc(CCC)oc12.CF. The molecule has 0 unspecified atom stereocenters. The van der Waals surface area contributed by atoms with Crippen LogP contribution in [0.2, 0.25) is 0 Å². The van der Waals surface area contributed by atoms with Gasteiger partial charge in [0.15, 0.2) is 0 Å². The second-order valence-corrected chi connectivity index (χ2v) is 7.18. The molecule has 2 aromatic carbocycles. The second-order valence-electron chi connectivity index (χ2n) is 7.18. The summed E-state index contributed by atoms with van der Waals surface area (Å²) < 4.78 is 26.7. The van der Waals surface area contributed by atoms with Crippen molar-refractivity contribution in [2.24, 2.45) is 0 Å². The number of allylic oxidation sites excluding steroid dienone is 1. The van der Waals surface area contributed by atoms with Gasteiger partial charge in [0.05, 0.1) is 20.2 Å². The summed E-state index contributed by atoms with van der Waals surface area (Å²) >= 11 is 0. The number of benzene rings is 2. The van der Waals surface area contributed by atoms with E-state index in [1.165, 1.54) is 0 Å². The summed E-state index contributed by atoms with van der Waals surface area (Å²) in [6.45, 7) is 10.8. The van der Waals surface area contributed by atoms with Gasteiger partial charge in [0.25, 0.3) is 0 Å². The average Bonchev–Trinajstić information content (AvgIpc) is 3.16. The first-order valence-corrected chi connectivity index (χ1v) is 10.5. The van der Waals surface area contributed by atoms with E-state index in [9.17, 15) is 9.18 Å². The van der Waals surface area contributed by atoms with Gasteiger partial charge in [0.2, 0.25) is 0 Å². The number of fused-ring (bicyclic) bond motifs is 1. The zero-order valence-corrected chi connectivity index (χ0v) is 18.8. The number of para-hydroxylation sites is 1. The number of esters is 1. The molecular weight excluding hydrogens is 395 g/mol. The molecule has 0 amide bonds. The van der Waals surface area contributed by atoms with E-state index in [2.05, 4.69) is 31.7 Å². The zero-order valence-electron chi connectivity index (χ0n) is 18.8. The molecule has 166 valence electrons. The molecule has 5 heteroatoms. The Morgan fingerprint density at radius 3 is 2.55 bits per heavy atom. The van der Waals surface area contributed by atoms with Gasteiger partial charge >= 0.3 is 5.97 Å². The topological polar surface area (TPSA) is 48.7 Å². The first kappa shape index (κ1) is 24.2. The summed E-state index contributed by atoms with van der Waals surface area (Å²) in [5, 5.41) is 1.06. The molecule has 1 aromatic heterocycles. The van der Waals surface area contributed by atoms with E-state index in [1.54, 1.807) is 6.92 Å². The molecule has 1 heterocycles. The Kier molecular flexibility index (Phi) is 9.32. The minimum absolute atomic E-state index is 0.197. The third-order valence-corrected chi connectivity index (χ3v) is 4.69. The molecule has 3 rings (SSSR count). The molecule has 0 saturated carbocycles. The summed E-state index contributed by atoms with van der Waals surface area (Å²) in [4.78, 5) is 11.9. The second kappa shape index (κ2) is 11.9. The van der Waals surface area contributed by atoms with E-state index >= 15 is 0 Å². The molecule has 0 spiro atoms. The van der Waals surface area contributed by atoms with E-state index in [-0.39, 0.29) is 12.4 Å². The number of hydrogen-bond acceptors (Lipinski definition) is 4. The van der Waals surface area contributed by atoms with Crippen molar-refractivity contribution in [3.8, 4) is 5.75 Å². The number of ether oxygens (including phenoxy) is 2. The van der Waals surface area contributed by atoms with E-state index < -0.39 is 0 Å². The molecule has 0 aliphatic carbocycles. The fourth-order valence-electron chi connectivity index (χ4n) is 3.36. The van der Waals surface area contributed by atoms with Gasteiger partial charge < -0.3 is 13.9 Å². The highest BCUT2D eigenvalue weighted by Crippen LogP contribution is 2.30. The lowest BCUT2D eigenvalue weighted by Gasteiger charge is -2.12. The lowest BCUT2D eigenvalue weighted by atomic mass is 10.0. The Balaban J connectivity index is 0.00000166. The highest BCUT2D eigenvalue weighted by Gasteiger charge is 2.13. The summed E-state index contributed by atoms with van der Waals surface area (Å²) in [7, 11) is 0.500. The van der Waals surface area contributed by atoms with Gasteiger partial charge in [-0.3, -0.25) is 9.18 Å². The predicted octanol–water partition coefficient (Wildman–Crippen LogP) is 6.69. The summed E-state index contributed by atoms with van der Waals surface area (Å²) in [6.07, 6.45) is 2.15. The van der Waals surface area contributed by atoms with E-state index in [1.807, 2.05) is 31.2 Å². The number of aryl methyl sites for hydroxylation is 1. The van der Waals surface area contributed by atoms with Crippen LogP contribution in [0.3, 0.4) is 0 Å². The molecule has 3 aromatic rings. The molecule has 0 aliphatic heterocycles. The van der Waals surface area contributed by atoms with Crippen LogP contribution in [-0.4, -0.2) is 19.8 Å². The van der Waals surface area contributed by atoms with Crippen molar-refractivity contribution in [3.05, 3.63) is 71.5 Å². The number of hydrogen-bond donors (Lipinski definition) is 0. The van der Waals surface area contributed by atoms with Crippen molar-refractivity contribution in [2.45, 2.75) is 46.6 Å². The third kappa shape index (κ3) is 6.45. The van der Waals surface area contributed by atoms with Gasteiger partial charge in [-0.2, -0.15) is 0 Å². The van der Waals surface area contributed by atoms with Crippen molar-refractivity contribution in [3.63, 3.8) is 0 Å². The Morgan fingerprint density at radius 1 is 1.13 bits per heavy atom. The minimum Gasteiger partial charge on any atom is -0.489 e. The Bertz CT molecular complexity index is 1020. The number of alkyl halides is 1. The first-order chi connectivity index (χ1) is 15.0. The largest absolute Gasteiger partial charge is 0.489 e. The van der Waals surface area contributed by atoms with Crippen molar-refractivity contribution in [2.75, 3.05) is 13.8 Å². The van der Waals surface area contributed by atoms with Gasteiger partial charge in [0, 0.05) is 22.9 Å². The van der Waals surface area contributed by atoms with Crippen molar-refractivity contribution in [1.82, 2.24) is 0 Å². The molecule has 0 saturated heterocycles. The maximum atomic E-state index is 11.9. The number of carbonyl (C=O) groups is 1. The van der Waals surface area contributed by atoms with Crippen molar-refractivity contribution < 1.29 is 23.1 Å². The van der Waals surface area contributed by atoms with Crippen molar-refractivity contribution in [1.29, 1.82) is 0 Å². The molecular formula is C26H31FO4. The Labute approximate surface area is 183 Å². The highest BCUT2D eigenvalue weighted by molar-refractivity contribution is 5.90. The van der Waals surface area contributed by atoms with Gasteiger partial charge in [-0.05, 0) is 55.7 Å². The lowest BCUT2D eigenvalue weighted by molar-refractivity contribution is -0.142. The smallest absolute Gasteiger partial charge is 0.310 e. The van der Waals surface area contributed by atoms with Gasteiger partial charge in [-0.25, -0.2) is 0 Å². The molecule has 0 atom stereocenters. The average molecular weight is 427 g/mol. The maximum absolute atomic E-state index is 11.9. The van der Waals surface area contributed by atoms with Crippen molar-refractivity contribution >= 4 is 22.5 Å². The number of carbonyl (C=O) groups excluding carboxylic acids is 1. The van der Waals surface area contributed by atoms with E-state index in [0.29, 0.717) is 26.1 Å². The van der Waals surface area contributed by atoms with Crippen LogP contribution in [0.25, 0.3) is 16.5 Å². The number of furan rings is 1. The molecule has 0 radical (unpaired) electrons. The summed E-state index contributed by atoms with van der Waals surface area (Å²) in [5.41, 5.74) is 4.69. The molecule has 0 bridgehead atoms. The lowest BCUT2D eigenvalue weighted by Crippen LogP contribution is -2.09. The summed E-state index contributed by atoms with van der Waals surface area (Å²) in [6, 6.07) is 13.8. The van der Waals surface area contributed by atoms with Gasteiger partial charge in [-0.15, -0.1) is 0 Å². The predicted molar refractivity (Wildman–Crippen MR) is 123 cm³/mol. The molecule has 0 N–H and O–H groups in total. The molecule has 31 heavy (non-hydrogen) atoms. The fourth-order valence-corrected chi connectivity index (χ4v) is 3.36. The Morgan fingerprint density at radius 2 is 1.87 bits per heavy atom. The third-order valence-electron chi connectivity index (χ3n) is 4.69. The highest BCUT2D eigenvalue weighted by atomic mass is 19.1. The van der Waals surface area contributed by atoms with Crippen LogP contribution in [0.5, 0.6) is 5.75 Å². The van der Waals surface area contributed by atoms with Crippen LogP contribution < -0.4 is 4.74 Å². The molecule has 4 nitrogen and oxygen atoms in total. The zero-order chi connectivity index (χ0) is 22.8. The maximum Gasteiger partial charge on any atom is 0.310 e. The fraction of sp³-hybridized carbons (Fsp3) is 0.346. The van der Waals surface area contributed by atoms with Crippen LogP contribution in [0.15, 0.2) is 53.5 Å². The van der Waals surface area contributed by atoms with E-state index in [4.69, 9.17) is 13.9 Å². The van der Waals surface area contributed by atoms with Crippen LogP contribution in [0.4, 0.5) is 4.39 Å². The van der Waals surface area contributed by atoms with Gasteiger partial charge in [0.1, 0.15) is 23.7 Å². The minimum atomic E-state index is -0.253. The first-order valence-electron chi connectivity index (χ1n) is 10.5. The molecule has 0 fully saturated rings. The quantitative estimate of drug-likeness (QED) is 0.358. The number of halogens is 1. The standard InChI is InChI=1S/C25H28O4.CH3F/c1-5-9-21-14-20-12-18(13-22(17(3)4)25(20)29-21)16-28-23-11-8-7-10-19(23)15-24(26)27-6-2;1-2/h7-8,10-14H,3,5-6,9,15-16H2,1-2,4H3;1H3. The van der Waals surface area contributed by atoms with E-state index in [0.717, 1.165) is 51.8 Å². The molecule has 0 aliphatic rings. The normalized spacial score (nSPS) is 10.4. The Hall–Kier alpha value is -3.08. The summed E-state index contributed by atoms with van der Waals surface area (Å²) in [5.74, 6) is 1.43. The van der Waals surface area contributed by atoms with Crippen LogP contribution >= 0.6 is 0 Å².